The standard InChI is InChI=1S/C16H18N4O2/c1-10-11(2)18-14(12-3-6-17-7-4-12)19-15(10)20-8-5-13(9-20)16(21)22/h3-4,6-7,13H,5,8-9H2,1-2H3,(H,21,22). The molecule has 114 valence electrons. The molecule has 0 aromatic carbocycles. The van der Waals surface area contributed by atoms with E-state index in [0.29, 0.717) is 25.3 Å². The van der Waals surface area contributed by atoms with Crippen molar-refractivity contribution >= 4 is 11.8 Å². The third-order valence-corrected chi connectivity index (χ3v) is 4.14. The summed E-state index contributed by atoms with van der Waals surface area (Å²) >= 11 is 0. The molecule has 2 aromatic rings. The molecule has 6 nitrogen and oxygen atoms in total. The number of pyridine rings is 1. The lowest BCUT2D eigenvalue weighted by Crippen LogP contribution is -2.25. The van der Waals surface area contributed by atoms with Crippen molar-refractivity contribution in [3.63, 3.8) is 0 Å². The summed E-state index contributed by atoms with van der Waals surface area (Å²) in [6, 6.07) is 3.75. The van der Waals surface area contributed by atoms with Crippen molar-refractivity contribution in [1.82, 2.24) is 15.0 Å². The molecule has 0 aliphatic carbocycles. The number of nitrogens with zero attached hydrogens (tertiary/aromatic N) is 4. The first-order valence-corrected chi connectivity index (χ1v) is 7.29. The maximum absolute atomic E-state index is 11.2. The Morgan fingerprint density at radius 2 is 2.00 bits per heavy atom. The molecule has 1 aliphatic rings. The SMILES string of the molecule is Cc1nc(-c2ccncc2)nc(N2CCC(C(=O)O)C2)c1C. The van der Waals surface area contributed by atoms with E-state index in [-0.39, 0.29) is 5.92 Å². The van der Waals surface area contributed by atoms with E-state index in [1.807, 2.05) is 30.9 Å². The molecule has 1 unspecified atom stereocenters. The Morgan fingerprint density at radius 3 is 2.64 bits per heavy atom. The van der Waals surface area contributed by atoms with Crippen LogP contribution in [0.4, 0.5) is 5.82 Å². The predicted octanol–water partition coefficient (Wildman–Crippen LogP) is 2.07. The summed E-state index contributed by atoms with van der Waals surface area (Å²) in [5.41, 5.74) is 2.83. The molecule has 1 aliphatic heterocycles. The highest BCUT2D eigenvalue weighted by molar-refractivity contribution is 5.72. The van der Waals surface area contributed by atoms with Gasteiger partial charge in [-0.2, -0.15) is 0 Å². The van der Waals surface area contributed by atoms with E-state index < -0.39 is 5.97 Å². The quantitative estimate of drug-likeness (QED) is 0.934. The van der Waals surface area contributed by atoms with Crippen LogP contribution in [-0.2, 0) is 4.79 Å². The summed E-state index contributed by atoms with van der Waals surface area (Å²) < 4.78 is 0. The number of rotatable bonds is 3. The van der Waals surface area contributed by atoms with E-state index in [0.717, 1.165) is 22.6 Å². The number of aryl methyl sites for hydroxylation is 1. The molecule has 1 atom stereocenters. The van der Waals surface area contributed by atoms with Gasteiger partial charge in [0.2, 0.25) is 0 Å². The highest BCUT2D eigenvalue weighted by Gasteiger charge is 2.30. The Kier molecular flexibility index (Phi) is 3.75. The topological polar surface area (TPSA) is 79.2 Å². The Labute approximate surface area is 128 Å². The number of carboxylic acid groups (broad SMARTS) is 1. The van der Waals surface area contributed by atoms with Crippen LogP contribution in [0.15, 0.2) is 24.5 Å². The average Bonchev–Trinajstić information content (AvgIpc) is 3.01. The van der Waals surface area contributed by atoms with Gasteiger partial charge < -0.3 is 10.0 Å². The molecule has 0 spiro atoms. The number of aliphatic carboxylic acids is 1. The highest BCUT2D eigenvalue weighted by Crippen LogP contribution is 2.28. The molecule has 1 saturated heterocycles. The van der Waals surface area contributed by atoms with Gasteiger partial charge in [-0.05, 0) is 32.4 Å². The van der Waals surface area contributed by atoms with Crippen LogP contribution in [0, 0.1) is 19.8 Å². The van der Waals surface area contributed by atoms with Crippen LogP contribution in [0.1, 0.15) is 17.7 Å². The monoisotopic (exact) mass is 298 g/mol. The summed E-state index contributed by atoms with van der Waals surface area (Å²) in [4.78, 5) is 26.4. The molecule has 1 fully saturated rings. The van der Waals surface area contributed by atoms with Gasteiger partial charge in [0.1, 0.15) is 5.82 Å². The Hall–Kier alpha value is -2.50. The van der Waals surface area contributed by atoms with Crippen LogP contribution < -0.4 is 4.90 Å². The van der Waals surface area contributed by atoms with E-state index in [2.05, 4.69) is 15.0 Å². The summed E-state index contributed by atoms with van der Waals surface area (Å²) in [6.07, 6.45) is 4.08. The number of carboxylic acids is 1. The van der Waals surface area contributed by atoms with Crippen LogP contribution >= 0.6 is 0 Å². The number of carbonyl (C=O) groups is 1. The molecular weight excluding hydrogens is 280 g/mol. The smallest absolute Gasteiger partial charge is 0.308 e. The van der Waals surface area contributed by atoms with Gasteiger partial charge in [0, 0.05) is 42.3 Å². The fourth-order valence-corrected chi connectivity index (χ4v) is 2.71. The molecule has 1 N–H and O–H groups in total. The normalized spacial score (nSPS) is 17.7. The zero-order valence-electron chi connectivity index (χ0n) is 12.7. The highest BCUT2D eigenvalue weighted by atomic mass is 16.4. The summed E-state index contributed by atoms with van der Waals surface area (Å²) in [5.74, 6) is 0.432. The first-order chi connectivity index (χ1) is 10.6. The minimum atomic E-state index is -0.736. The zero-order valence-corrected chi connectivity index (χ0v) is 12.7. The van der Waals surface area contributed by atoms with Gasteiger partial charge >= 0.3 is 5.97 Å². The maximum atomic E-state index is 11.2. The van der Waals surface area contributed by atoms with E-state index in [1.165, 1.54) is 0 Å². The van der Waals surface area contributed by atoms with Gasteiger partial charge in [-0.15, -0.1) is 0 Å². The van der Waals surface area contributed by atoms with Crippen molar-refractivity contribution in [2.45, 2.75) is 20.3 Å². The average molecular weight is 298 g/mol. The molecule has 22 heavy (non-hydrogen) atoms. The van der Waals surface area contributed by atoms with Crippen LogP contribution in [0.5, 0.6) is 0 Å². The van der Waals surface area contributed by atoms with Crippen LogP contribution in [0.25, 0.3) is 11.4 Å². The minimum absolute atomic E-state index is 0.320. The molecule has 3 heterocycles. The Morgan fingerprint density at radius 1 is 1.27 bits per heavy atom. The van der Waals surface area contributed by atoms with Gasteiger partial charge in [0.25, 0.3) is 0 Å². The van der Waals surface area contributed by atoms with Crippen molar-refractivity contribution < 1.29 is 9.90 Å². The molecule has 0 amide bonds. The summed E-state index contributed by atoms with van der Waals surface area (Å²) in [7, 11) is 0. The first-order valence-electron chi connectivity index (χ1n) is 7.29. The lowest BCUT2D eigenvalue weighted by atomic mass is 10.1. The second-order valence-corrected chi connectivity index (χ2v) is 5.59. The molecule has 6 heteroatoms. The lowest BCUT2D eigenvalue weighted by Gasteiger charge is -2.21. The van der Waals surface area contributed by atoms with Crippen molar-refractivity contribution in [2.24, 2.45) is 5.92 Å². The van der Waals surface area contributed by atoms with Gasteiger partial charge in [0.15, 0.2) is 5.82 Å². The number of anilines is 1. The number of hydrogen-bond donors (Lipinski definition) is 1. The third kappa shape index (κ3) is 2.64. The third-order valence-electron chi connectivity index (χ3n) is 4.14. The second kappa shape index (κ2) is 5.71. The van der Waals surface area contributed by atoms with E-state index >= 15 is 0 Å². The van der Waals surface area contributed by atoms with E-state index in [4.69, 9.17) is 5.11 Å². The van der Waals surface area contributed by atoms with Crippen molar-refractivity contribution in [3.05, 3.63) is 35.8 Å². The largest absolute Gasteiger partial charge is 0.481 e. The fourth-order valence-electron chi connectivity index (χ4n) is 2.71. The summed E-state index contributed by atoms with van der Waals surface area (Å²) in [5, 5.41) is 9.17. The van der Waals surface area contributed by atoms with E-state index in [1.54, 1.807) is 12.4 Å². The van der Waals surface area contributed by atoms with Gasteiger partial charge in [-0.25, -0.2) is 9.97 Å². The predicted molar refractivity (Wildman–Crippen MR) is 82.7 cm³/mol. The molecule has 0 saturated carbocycles. The molecule has 3 rings (SSSR count). The molecule has 0 radical (unpaired) electrons. The van der Waals surface area contributed by atoms with Crippen molar-refractivity contribution in [1.29, 1.82) is 0 Å². The molecule has 0 bridgehead atoms. The van der Waals surface area contributed by atoms with Crippen LogP contribution in [-0.4, -0.2) is 39.1 Å². The Balaban J connectivity index is 1.98. The fraction of sp³-hybridized carbons (Fsp3) is 0.375. The number of hydrogen-bond acceptors (Lipinski definition) is 5. The summed E-state index contributed by atoms with van der Waals surface area (Å²) in [6.45, 7) is 5.15. The van der Waals surface area contributed by atoms with Crippen LogP contribution in [0.3, 0.4) is 0 Å². The van der Waals surface area contributed by atoms with Crippen molar-refractivity contribution in [2.75, 3.05) is 18.0 Å². The second-order valence-electron chi connectivity index (χ2n) is 5.59. The maximum Gasteiger partial charge on any atom is 0.308 e. The molecule has 2 aromatic heterocycles. The first kappa shape index (κ1) is 14.4. The van der Waals surface area contributed by atoms with Gasteiger partial charge in [-0.3, -0.25) is 9.78 Å². The zero-order chi connectivity index (χ0) is 15.7. The Bertz CT molecular complexity index is 703. The molecular formula is C16H18N4O2. The number of aromatic nitrogens is 3. The van der Waals surface area contributed by atoms with Crippen LogP contribution in [0.2, 0.25) is 0 Å². The van der Waals surface area contributed by atoms with E-state index in [9.17, 15) is 4.79 Å². The van der Waals surface area contributed by atoms with Crippen molar-refractivity contribution in [3.8, 4) is 11.4 Å². The van der Waals surface area contributed by atoms with Gasteiger partial charge in [0.05, 0.1) is 5.92 Å². The van der Waals surface area contributed by atoms with Gasteiger partial charge in [-0.1, -0.05) is 0 Å². The lowest BCUT2D eigenvalue weighted by molar-refractivity contribution is -0.140. The minimum Gasteiger partial charge on any atom is -0.481 e.